The number of likely N-dealkylation sites (tertiary alicyclic amines) is 1. The lowest BCUT2D eigenvalue weighted by molar-refractivity contribution is -0.152. The summed E-state index contributed by atoms with van der Waals surface area (Å²) in [5.41, 5.74) is -0.825. The summed E-state index contributed by atoms with van der Waals surface area (Å²) < 4.78 is 0. The van der Waals surface area contributed by atoms with E-state index >= 15 is 0 Å². The second kappa shape index (κ2) is 4.75. The third-order valence-corrected chi connectivity index (χ3v) is 3.61. The number of aromatic nitrogens is 3. The van der Waals surface area contributed by atoms with Gasteiger partial charge < -0.3 is 10.0 Å². The summed E-state index contributed by atoms with van der Waals surface area (Å²) in [5.74, 6) is -0.960. The van der Waals surface area contributed by atoms with Gasteiger partial charge in [-0.15, -0.1) is 0 Å². The number of aromatic amines is 1. The molecule has 0 aromatic carbocycles. The average Bonchev–Trinajstić information content (AvgIpc) is 2.91. The van der Waals surface area contributed by atoms with E-state index in [2.05, 4.69) is 15.2 Å². The van der Waals surface area contributed by atoms with Crippen molar-refractivity contribution < 1.29 is 14.7 Å². The van der Waals surface area contributed by atoms with E-state index in [0.29, 0.717) is 25.8 Å². The van der Waals surface area contributed by atoms with Gasteiger partial charge in [-0.1, -0.05) is 6.92 Å². The Hall–Kier alpha value is -1.92. The van der Waals surface area contributed by atoms with Gasteiger partial charge in [0.1, 0.15) is 6.33 Å². The minimum Gasteiger partial charge on any atom is -0.481 e. The van der Waals surface area contributed by atoms with Crippen LogP contribution in [0.25, 0.3) is 0 Å². The number of aliphatic carboxylic acids is 1. The van der Waals surface area contributed by atoms with Gasteiger partial charge in [-0.05, 0) is 19.3 Å². The van der Waals surface area contributed by atoms with E-state index in [-0.39, 0.29) is 18.3 Å². The van der Waals surface area contributed by atoms with E-state index in [1.54, 1.807) is 4.90 Å². The van der Waals surface area contributed by atoms with Crippen molar-refractivity contribution in [3.63, 3.8) is 0 Å². The van der Waals surface area contributed by atoms with Gasteiger partial charge in [0.05, 0.1) is 5.41 Å². The van der Waals surface area contributed by atoms with E-state index in [1.165, 1.54) is 6.33 Å². The number of carboxylic acids is 1. The third kappa shape index (κ3) is 2.07. The molecule has 1 saturated heterocycles. The number of nitrogens with zero attached hydrogens (tertiary/aromatic N) is 3. The highest BCUT2D eigenvalue weighted by Gasteiger charge is 2.42. The molecule has 98 valence electrons. The van der Waals surface area contributed by atoms with Crippen LogP contribution in [0.1, 0.15) is 36.8 Å². The van der Waals surface area contributed by atoms with Crippen LogP contribution < -0.4 is 0 Å². The Morgan fingerprint density at radius 2 is 2.39 bits per heavy atom. The zero-order chi connectivity index (χ0) is 13.2. The van der Waals surface area contributed by atoms with Crippen LogP contribution in [0, 0.1) is 5.41 Å². The highest BCUT2D eigenvalue weighted by molar-refractivity contribution is 5.91. The van der Waals surface area contributed by atoms with Crippen LogP contribution in [0.3, 0.4) is 0 Å². The van der Waals surface area contributed by atoms with Gasteiger partial charge in [-0.3, -0.25) is 14.7 Å². The minimum atomic E-state index is -0.833. The molecule has 1 atom stereocenters. The predicted molar refractivity (Wildman–Crippen MR) is 61.9 cm³/mol. The standard InChI is InChI=1S/C11H16N4O3/c1-2-11(10(17)18)4-3-5-15(6-11)9(16)8-12-7-13-14-8/h7H,2-6H2,1H3,(H,17,18)(H,12,13,14). The van der Waals surface area contributed by atoms with E-state index in [0.717, 1.165) is 0 Å². The Morgan fingerprint density at radius 3 is 2.94 bits per heavy atom. The number of hydrogen-bond donors (Lipinski definition) is 2. The van der Waals surface area contributed by atoms with Crippen LogP contribution >= 0.6 is 0 Å². The lowest BCUT2D eigenvalue weighted by Gasteiger charge is -2.38. The van der Waals surface area contributed by atoms with Crippen molar-refractivity contribution in [2.75, 3.05) is 13.1 Å². The monoisotopic (exact) mass is 252 g/mol. The second-order valence-electron chi connectivity index (χ2n) is 4.60. The molecule has 7 nitrogen and oxygen atoms in total. The van der Waals surface area contributed by atoms with Gasteiger partial charge in [0, 0.05) is 13.1 Å². The maximum absolute atomic E-state index is 12.1. The van der Waals surface area contributed by atoms with E-state index in [4.69, 9.17) is 0 Å². The van der Waals surface area contributed by atoms with E-state index in [1.807, 2.05) is 6.92 Å². The van der Waals surface area contributed by atoms with Crippen molar-refractivity contribution in [2.45, 2.75) is 26.2 Å². The van der Waals surface area contributed by atoms with Crippen molar-refractivity contribution in [3.05, 3.63) is 12.2 Å². The topological polar surface area (TPSA) is 99.2 Å². The van der Waals surface area contributed by atoms with E-state index in [9.17, 15) is 14.7 Å². The number of H-pyrrole nitrogens is 1. The first-order valence-corrected chi connectivity index (χ1v) is 5.97. The maximum Gasteiger partial charge on any atom is 0.311 e. The number of rotatable bonds is 3. The Labute approximate surface area is 104 Å². The summed E-state index contributed by atoms with van der Waals surface area (Å²) in [6.45, 7) is 2.64. The van der Waals surface area contributed by atoms with Gasteiger partial charge in [-0.25, -0.2) is 4.98 Å². The summed E-state index contributed by atoms with van der Waals surface area (Å²) >= 11 is 0. The maximum atomic E-state index is 12.1. The first-order chi connectivity index (χ1) is 8.59. The molecule has 0 aliphatic carbocycles. The molecule has 1 amide bonds. The molecule has 0 spiro atoms. The normalized spacial score (nSPS) is 23.9. The molecule has 18 heavy (non-hydrogen) atoms. The van der Waals surface area contributed by atoms with Gasteiger partial charge in [0.25, 0.3) is 5.91 Å². The number of carbonyl (C=O) groups is 2. The first kappa shape index (κ1) is 12.5. The smallest absolute Gasteiger partial charge is 0.311 e. The SMILES string of the molecule is CCC1(C(=O)O)CCCN(C(=O)c2ncn[nH]2)C1. The van der Waals surface area contributed by atoms with Crippen molar-refractivity contribution in [3.8, 4) is 0 Å². The molecule has 1 fully saturated rings. The molecular weight excluding hydrogens is 236 g/mol. The molecule has 1 unspecified atom stereocenters. The Morgan fingerprint density at radius 1 is 1.61 bits per heavy atom. The van der Waals surface area contributed by atoms with Crippen LogP contribution in [0.2, 0.25) is 0 Å². The summed E-state index contributed by atoms with van der Waals surface area (Å²) in [6.07, 6.45) is 3.09. The van der Waals surface area contributed by atoms with Crippen molar-refractivity contribution in [1.29, 1.82) is 0 Å². The summed E-state index contributed by atoms with van der Waals surface area (Å²) in [4.78, 5) is 28.8. The molecule has 7 heteroatoms. The molecule has 0 saturated carbocycles. The van der Waals surface area contributed by atoms with E-state index < -0.39 is 11.4 Å². The lowest BCUT2D eigenvalue weighted by atomic mass is 9.77. The van der Waals surface area contributed by atoms with Crippen LogP contribution in [0.5, 0.6) is 0 Å². The second-order valence-corrected chi connectivity index (χ2v) is 4.60. The van der Waals surface area contributed by atoms with Crippen LogP contribution in [-0.4, -0.2) is 50.2 Å². The van der Waals surface area contributed by atoms with Crippen LogP contribution in [0.4, 0.5) is 0 Å². The van der Waals surface area contributed by atoms with Crippen molar-refractivity contribution >= 4 is 11.9 Å². The molecule has 2 rings (SSSR count). The summed E-state index contributed by atoms with van der Waals surface area (Å²) in [6, 6.07) is 0. The zero-order valence-electron chi connectivity index (χ0n) is 10.2. The molecule has 1 aromatic rings. The highest BCUT2D eigenvalue weighted by atomic mass is 16.4. The molecule has 1 aromatic heterocycles. The van der Waals surface area contributed by atoms with Gasteiger partial charge >= 0.3 is 5.97 Å². The molecule has 1 aliphatic heterocycles. The van der Waals surface area contributed by atoms with Crippen LogP contribution in [0.15, 0.2) is 6.33 Å². The highest BCUT2D eigenvalue weighted by Crippen LogP contribution is 2.33. The molecule has 2 N–H and O–H groups in total. The van der Waals surface area contributed by atoms with Crippen LogP contribution in [-0.2, 0) is 4.79 Å². The fourth-order valence-corrected chi connectivity index (χ4v) is 2.38. The Balaban J connectivity index is 2.16. The number of amides is 1. The van der Waals surface area contributed by atoms with Gasteiger partial charge in [-0.2, -0.15) is 5.10 Å². The fraction of sp³-hybridized carbons (Fsp3) is 0.636. The minimum absolute atomic E-state index is 0.160. The zero-order valence-corrected chi connectivity index (χ0v) is 10.2. The molecule has 2 heterocycles. The quantitative estimate of drug-likeness (QED) is 0.817. The fourth-order valence-electron chi connectivity index (χ4n) is 2.38. The first-order valence-electron chi connectivity index (χ1n) is 5.97. The summed E-state index contributed by atoms with van der Waals surface area (Å²) in [7, 11) is 0. The molecule has 0 radical (unpaired) electrons. The Kier molecular flexibility index (Phi) is 3.31. The molecule has 0 bridgehead atoms. The third-order valence-electron chi connectivity index (χ3n) is 3.61. The molecular formula is C11H16N4O3. The Bertz CT molecular complexity index is 445. The van der Waals surface area contributed by atoms with Crippen molar-refractivity contribution in [1.82, 2.24) is 20.1 Å². The number of carbonyl (C=O) groups excluding carboxylic acids is 1. The largest absolute Gasteiger partial charge is 0.481 e. The summed E-state index contributed by atoms with van der Waals surface area (Å²) in [5, 5.41) is 15.5. The number of carboxylic acid groups (broad SMARTS) is 1. The number of hydrogen-bond acceptors (Lipinski definition) is 4. The molecule has 1 aliphatic rings. The lowest BCUT2D eigenvalue weighted by Crippen LogP contribution is -2.49. The predicted octanol–water partition coefficient (Wildman–Crippen LogP) is 0.522. The average molecular weight is 252 g/mol. The number of nitrogens with one attached hydrogen (secondary N) is 1. The van der Waals surface area contributed by atoms with Gasteiger partial charge in [0.2, 0.25) is 5.82 Å². The number of piperidine rings is 1. The van der Waals surface area contributed by atoms with Crippen molar-refractivity contribution in [2.24, 2.45) is 5.41 Å². The van der Waals surface area contributed by atoms with Gasteiger partial charge in [0.15, 0.2) is 0 Å².